The number of unbranched alkanes of at least 4 members (excludes halogenated alkanes) is 13. The number of nitrogens with zero attached hydrogens (tertiary/aromatic N) is 2. The van der Waals surface area contributed by atoms with Crippen molar-refractivity contribution in [2.24, 2.45) is 0 Å². The van der Waals surface area contributed by atoms with Crippen LogP contribution in [0, 0.1) is 11.3 Å². The van der Waals surface area contributed by atoms with Crippen LogP contribution in [0.4, 0.5) is 0 Å². The van der Waals surface area contributed by atoms with Crippen LogP contribution in [0.15, 0.2) is 23.4 Å². The van der Waals surface area contributed by atoms with Crippen molar-refractivity contribution >= 4 is 11.8 Å². The van der Waals surface area contributed by atoms with Gasteiger partial charge in [0.1, 0.15) is 0 Å². The molecule has 25 heavy (non-hydrogen) atoms. The molecule has 1 heterocycles. The predicted octanol–water partition coefficient (Wildman–Crippen LogP) is 7.53. The van der Waals surface area contributed by atoms with E-state index in [1.165, 1.54) is 89.9 Å². The number of pyridine rings is 1. The molecule has 0 amide bonds. The van der Waals surface area contributed by atoms with Crippen molar-refractivity contribution in [1.82, 2.24) is 4.98 Å². The Morgan fingerprint density at radius 1 is 0.840 bits per heavy atom. The van der Waals surface area contributed by atoms with Crippen LogP contribution in [0.25, 0.3) is 0 Å². The second-order valence-corrected chi connectivity index (χ2v) is 8.05. The highest BCUT2D eigenvalue weighted by molar-refractivity contribution is 7.99. The van der Waals surface area contributed by atoms with E-state index in [0.29, 0.717) is 5.56 Å². The summed E-state index contributed by atoms with van der Waals surface area (Å²) < 4.78 is 0. The molecule has 0 saturated carbocycles. The quantitative estimate of drug-likeness (QED) is 0.226. The molecule has 0 bridgehead atoms. The average molecular weight is 361 g/mol. The molecule has 1 aromatic rings. The molecular weight excluding hydrogens is 324 g/mol. The summed E-state index contributed by atoms with van der Waals surface area (Å²) in [5.41, 5.74) is 0.707. The molecule has 0 spiro atoms. The highest BCUT2D eigenvalue weighted by Gasteiger charge is 1.98. The van der Waals surface area contributed by atoms with Gasteiger partial charge in [-0.2, -0.15) is 5.26 Å². The van der Waals surface area contributed by atoms with Gasteiger partial charge in [0.15, 0.2) is 0 Å². The average Bonchev–Trinajstić information content (AvgIpc) is 2.65. The third kappa shape index (κ3) is 12.9. The van der Waals surface area contributed by atoms with Gasteiger partial charge in [-0.1, -0.05) is 90.4 Å². The number of thioether (sulfide) groups is 1. The number of nitriles is 1. The molecule has 1 aromatic heterocycles. The van der Waals surface area contributed by atoms with Crippen molar-refractivity contribution in [3.63, 3.8) is 0 Å². The van der Waals surface area contributed by atoms with Gasteiger partial charge in [-0.05, 0) is 24.3 Å². The van der Waals surface area contributed by atoms with E-state index in [-0.39, 0.29) is 0 Å². The molecule has 1 rings (SSSR count). The number of hydrogen-bond donors (Lipinski definition) is 0. The Labute approximate surface area is 159 Å². The Morgan fingerprint density at radius 3 is 1.88 bits per heavy atom. The predicted molar refractivity (Wildman–Crippen MR) is 110 cm³/mol. The normalized spacial score (nSPS) is 10.7. The van der Waals surface area contributed by atoms with Crippen molar-refractivity contribution in [3.8, 4) is 6.07 Å². The van der Waals surface area contributed by atoms with Crippen molar-refractivity contribution < 1.29 is 0 Å². The van der Waals surface area contributed by atoms with Crippen molar-refractivity contribution in [2.75, 3.05) is 5.75 Å². The van der Waals surface area contributed by atoms with Crippen LogP contribution >= 0.6 is 11.8 Å². The zero-order chi connectivity index (χ0) is 18.0. The SMILES string of the molecule is CCCCCCCCCCCCCCCCSc1cc(C#N)ccn1. The van der Waals surface area contributed by atoms with E-state index < -0.39 is 0 Å². The van der Waals surface area contributed by atoms with Crippen molar-refractivity contribution in [3.05, 3.63) is 23.9 Å². The van der Waals surface area contributed by atoms with Crippen LogP contribution in [-0.2, 0) is 0 Å². The molecule has 140 valence electrons. The standard InChI is InChI=1S/C22H36N2S/c1-2-3-4-5-6-7-8-9-10-11-12-13-14-15-18-25-22-19-21(20-23)16-17-24-22/h16-17,19H,2-15,18H2,1H3. The van der Waals surface area contributed by atoms with E-state index in [9.17, 15) is 0 Å². The molecular formula is C22H36N2S. The maximum absolute atomic E-state index is 8.88. The fourth-order valence-electron chi connectivity index (χ4n) is 3.03. The Bertz CT molecular complexity index is 467. The van der Waals surface area contributed by atoms with Crippen LogP contribution in [0.3, 0.4) is 0 Å². The summed E-state index contributed by atoms with van der Waals surface area (Å²) in [5.74, 6) is 1.11. The van der Waals surface area contributed by atoms with E-state index in [2.05, 4.69) is 18.0 Å². The largest absolute Gasteiger partial charge is 0.250 e. The van der Waals surface area contributed by atoms with E-state index in [0.717, 1.165) is 10.8 Å². The lowest BCUT2D eigenvalue weighted by Crippen LogP contribution is -1.86. The summed E-state index contributed by atoms with van der Waals surface area (Å²) >= 11 is 1.77. The number of aromatic nitrogens is 1. The van der Waals surface area contributed by atoms with Gasteiger partial charge in [0, 0.05) is 6.20 Å². The van der Waals surface area contributed by atoms with Gasteiger partial charge in [-0.3, -0.25) is 0 Å². The first kappa shape index (κ1) is 22.0. The summed E-state index contributed by atoms with van der Waals surface area (Å²) in [6.45, 7) is 2.28. The molecule has 0 atom stereocenters. The minimum atomic E-state index is 0.707. The maximum atomic E-state index is 8.88. The summed E-state index contributed by atoms with van der Waals surface area (Å²) in [7, 11) is 0. The van der Waals surface area contributed by atoms with E-state index in [1.807, 2.05) is 6.07 Å². The zero-order valence-corrected chi connectivity index (χ0v) is 17.0. The minimum absolute atomic E-state index is 0.707. The third-order valence-electron chi connectivity index (χ3n) is 4.61. The Morgan fingerprint density at radius 2 is 1.36 bits per heavy atom. The van der Waals surface area contributed by atoms with Gasteiger partial charge in [0.05, 0.1) is 16.7 Å². The molecule has 0 aliphatic heterocycles. The topological polar surface area (TPSA) is 36.7 Å². The number of rotatable bonds is 16. The molecule has 0 saturated heterocycles. The summed E-state index contributed by atoms with van der Waals surface area (Å²) in [6, 6.07) is 5.81. The Balaban J connectivity index is 1.81. The molecule has 0 N–H and O–H groups in total. The van der Waals surface area contributed by atoms with E-state index in [1.54, 1.807) is 24.0 Å². The van der Waals surface area contributed by atoms with Crippen LogP contribution in [0.1, 0.15) is 102 Å². The molecule has 0 fully saturated rings. The second-order valence-electron chi connectivity index (χ2n) is 6.94. The van der Waals surface area contributed by atoms with Gasteiger partial charge in [-0.15, -0.1) is 11.8 Å². The van der Waals surface area contributed by atoms with Crippen LogP contribution < -0.4 is 0 Å². The Kier molecular flexibility index (Phi) is 14.5. The third-order valence-corrected chi connectivity index (χ3v) is 5.62. The van der Waals surface area contributed by atoms with Gasteiger partial charge in [0.25, 0.3) is 0 Å². The van der Waals surface area contributed by atoms with Gasteiger partial charge >= 0.3 is 0 Å². The van der Waals surface area contributed by atoms with Crippen LogP contribution in [0.5, 0.6) is 0 Å². The maximum Gasteiger partial charge on any atom is 0.0993 e. The van der Waals surface area contributed by atoms with Crippen molar-refractivity contribution in [2.45, 2.75) is 102 Å². The highest BCUT2D eigenvalue weighted by Crippen LogP contribution is 2.19. The van der Waals surface area contributed by atoms with E-state index >= 15 is 0 Å². The summed E-state index contributed by atoms with van der Waals surface area (Å²) in [6.07, 6.45) is 21.3. The molecule has 0 aliphatic carbocycles. The first-order chi connectivity index (χ1) is 12.4. The number of hydrogen-bond acceptors (Lipinski definition) is 3. The molecule has 0 radical (unpaired) electrons. The lowest BCUT2D eigenvalue weighted by Gasteiger charge is -2.03. The summed E-state index contributed by atoms with van der Waals surface area (Å²) in [5, 5.41) is 9.86. The van der Waals surface area contributed by atoms with Crippen LogP contribution in [-0.4, -0.2) is 10.7 Å². The lowest BCUT2D eigenvalue weighted by molar-refractivity contribution is 0.538. The monoisotopic (exact) mass is 360 g/mol. The molecule has 0 unspecified atom stereocenters. The summed E-state index contributed by atoms with van der Waals surface area (Å²) in [4.78, 5) is 4.30. The van der Waals surface area contributed by atoms with Gasteiger partial charge in [-0.25, -0.2) is 4.98 Å². The lowest BCUT2D eigenvalue weighted by atomic mass is 10.0. The van der Waals surface area contributed by atoms with E-state index in [4.69, 9.17) is 5.26 Å². The van der Waals surface area contributed by atoms with Gasteiger partial charge in [0.2, 0.25) is 0 Å². The van der Waals surface area contributed by atoms with Crippen LogP contribution in [0.2, 0.25) is 0 Å². The molecule has 3 heteroatoms. The first-order valence-electron chi connectivity index (χ1n) is 10.4. The smallest absolute Gasteiger partial charge is 0.0993 e. The Hall–Kier alpha value is -1.01. The van der Waals surface area contributed by atoms with Crippen molar-refractivity contribution in [1.29, 1.82) is 5.26 Å². The fourth-order valence-corrected chi connectivity index (χ4v) is 3.93. The minimum Gasteiger partial charge on any atom is -0.250 e. The molecule has 2 nitrogen and oxygen atoms in total. The zero-order valence-electron chi connectivity index (χ0n) is 16.1. The second kappa shape index (κ2) is 16.5. The molecule has 0 aliphatic rings. The highest BCUT2D eigenvalue weighted by atomic mass is 32.2. The first-order valence-corrected chi connectivity index (χ1v) is 11.3. The molecule has 0 aromatic carbocycles. The fraction of sp³-hybridized carbons (Fsp3) is 0.727. The van der Waals surface area contributed by atoms with Gasteiger partial charge < -0.3 is 0 Å².